The van der Waals surface area contributed by atoms with E-state index in [2.05, 4.69) is 10.2 Å². The van der Waals surface area contributed by atoms with Crippen LogP contribution in [0.4, 0.5) is 0 Å². The van der Waals surface area contributed by atoms with E-state index in [1.54, 1.807) is 7.11 Å². The van der Waals surface area contributed by atoms with Crippen molar-refractivity contribution in [1.29, 1.82) is 0 Å². The zero-order chi connectivity index (χ0) is 19.5. The normalized spacial score (nSPS) is 14.6. The number of morpholine rings is 1. The van der Waals surface area contributed by atoms with E-state index in [1.807, 2.05) is 18.2 Å². The summed E-state index contributed by atoms with van der Waals surface area (Å²) in [6.45, 7) is 5.15. The lowest BCUT2D eigenvalue weighted by atomic mass is 10.1. The van der Waals surface area contributed by atoms with E-state index in [-0.39, 0.29) is 18.7 Å². The summed E-state index contributed by atoms with van der Waals surface area (Å²) in [4.78, 5) is 24.4. The molecular formula is C19H28N2O6. The molecule has 0 aromatic heterocycles. The highest BCUT2D eigenvalue weighted by atomic mass is 16.5. The van der Waals surface area contributed by atoms with Crippen molar-refractivity contribution >= 4 is 11.9 Å². The second-order valence-corrected chi connectivity index (χ2v) is 6.27. The largest absolute Gasteiger partial charge is 0.497 e. The molecule has 0 radical (unpaired) electrons. The van der Waals surface area contributed by atoms with Crippen LogP contribution in [0.3, 0.4) is 0 Å². The number of aliphatic carboxylic acids is 1. The molecule has 0 bridgehead atoms. The van der Waals surface area contributed by atoms with E-state index < -0.39 is 5.97 Å². The molecule has 0 spiro atoms. The fourth-order valence-electron chi connectivity index (χ4n) is 2.76. The highest BCUT2D eigenvalue weighted by molar-refractivity contribution is 5.80. The number of benzene rings is 1. The summed E-state index contributed by atoms with van der Waals surface area (Å²) in [5, 5.41) is 11.3. The molecule has 27 heavy (non-hydrogen) atoms. The third kappa shape index (κ3) is 7.84. The Morgan fingerprint density at radius 3 is 2.74 bits per heavy atom. The van der Waals surface area contributed by atoms with Gasteiger partial charge in [0.2, 0.25) is 5.91 Å². The number of nitrogens with zero attached hydrogens (tertiary/aromatic N) is 1. The van der Waals surface area contributed by atoms with Crippen LogP contribution in [0.2, 0.25) is 0 Å². The van der Waals surface area contributed by atoms with Crippen molar-refractivity contribution in [1.82, 2.24) is 10.2 Å². The summed E-state index contributed by atoms with van der Waals surface area (Å²) in [7, 11) is 1.61. The van der Waals surface area contributed by atoms with Gasteiger partial charge < -0.3 is 24.6 Å². The van der Waals surface area contributed by atoms with Gasteiger partial charge >= 0.3 is 5.97 Å². The molecule has 1 aliphatic rings. The van der Waals surface area contributed by atoms with Gasteiger partial charge in [-0.1, -0.05) is 6.07 Å². The molecule has 1 heterocycles. The smallest absolute Gasteiger partial charge is 0.303 e. The first-order valence-corrected chi connectivity index (χ1v) is 9.17. The van der Waals surface area contributed by atoms with Gasteiger partial charge in [-0.25, -0.2) is 0 Å². The van der Waals surface area contributed by atoms with Crippen molar-refractivity contribution in [3.05, 3.63) is 23.8 Å². The maximum Gasteiger partial charge on any atom is 0.303 e. The second-order valence-electron chi connectivity index (χ2n) is 6.27. The standard InChI is InChI=1S/C19H28N2O6/c1-25-16-3-2-15(6-7-20-18(22)4-5-19(23)24)17(14-16)27-13-10-21-8-11-26-12-9-21/h2-3,14H,4-13H2,1H3,(H,20,22)(H,23,24). The van der Waals surface area contributed by atoms with Gasteiger partial charge in [-0.15, -0.1) is 0 Å². The number of methoxy groups -OCH3 is 1. The fourth-order valence-corrected chi connectivity index (χ4v) is 2.76. The lowest BCUT2D eigenvalue weighted by Crippen LogP contribution is -2.38. The Hall–Kier alpha value is -2.32. The lowest BCUT2D eigenvalue weighted by molar-refractivity contribution is -0.138. The topological polar surface area (TPSA) is 97.3 Å². The van der Waals surface area contributed by atoms with Crippen molar-refractivity contribution in [2.24, 2.45) is 0 Å². The van der Waals surface area contributed by atoms with E-state index >= 15 is 0 Å². The van der Waals surface area contributed by atoms with Crippen molar-refractivity contribution in [2.75, 3.05) is 53.1 Å². The van der Waals surface area contributed by atoms with E-state index in [4.69, 9.17) is 19.3 Å². The Kier molecular flexibility index (Phi) is 8.86. The van der Waals surface area contributed by atoms with Crippen LogP contribution in [0.1, 0.15) is 18.4 Å². The molecule has 1 fully saturated rings. The predicted octanol–water partition coefficient (Wildman–Crippen LogP) is 0.930. The number of hydrogen-bond acceptors (Lipinski definition) is 6. The second kappa shape index (κ2) is 11.4. The number of carboxylic acid groups (broad SMARTS) is 1. The molecule has 0 aliphatic carbocycles. The molecule has 1 saturated heterocycles. The number of rotatable bonds is 11. The zero-order valence-electron chi connectivity index (χ0n) is 15.7. The minimum absolute atomic E-state index is 0.0130. The zero-order valence-corrected chi connectivity index (χ0v) is 15.7. The van der Waals surface area contributed by atoms with Gasteiger partial charge in [0.25, 0.3) is 0 Å². The van der Waals surface area contributed by atoms with E-state index in [0.29, 0.717) is 25.3 Å². The molecule has 0 atom stereocenters. The van der Waals surface area contributed by atoms with Crippen molar-refractivity contribution < 1.29 is 28.9 Å². The monoisotopic (exact) mass is 380 g/mol. The van der Waals surface area contributed by atoms with Crippen molar-refractivity contribution in [2.45, 2.75) is 19.3 Å². The van der Waals surface area contributed by atoms with Gasteiger partial charge in [0.15, 0.2) is 0 Å². The van der Waals surface area contributed by atoms with Crippen LogP contribution in [0, 0.1) is 0 Å². The van der Waals surface area contributed by atoms with Crippen LogP contribution in [0.5, 0.6) is 11.5 Å². The predicted molar refractivity (Wildman–Crippen MR) is 99.3 cm³/mol. The average Bonchev–Trinajstić information content (AvgIpc) is 2.68. The van der Waals surface area contributed by atoms with Crippen molar-refractivity contribution in [3.8, 4) is 11.5 Å². The third-order valence-electron chi connectivity index (χ3n) is 4.33. The van der Waals surface area contributed by atoms with Crippen LogP contribution in [0.15, 0.2) is 18.2 Å². The molecule has 0 saturated carbocycles. The number of nitrogens with one attached hydrogen (secondary N) is 1. The minimum atomic E-state index is -0.976. The van der Waals surface area contributed by atoms with E-state index in [0.717, 1.165) is 44.2 Å². The highest BCUT2D eigenvalue weighted by Crippen LogP contribution is 2.25. The summed E-state index contributed by atoms with van der Waals surface area (Å²) < 4.78 is 16.6. The number of carbonyl (C=O) groups excluding carboxylic acids is 1. The molecule has 8 heteroatoms. The fraction of sp³-hybridized carbons (Fsp3) is 0.579. The average molecular weight is 380 g/mol. The van der Waals surface area contributed by atoms with Gasteiger partial charge in [-0.3, -0.25) is 14.5 Å². The number of hydrogen-bond donors (Lipinski definition) is 2. The van der Waals surface area contributed by atoms with Crippen LogP contribution in [-0.4, -0.2) is 75.0 Å². The van der Waals surface area contributed by atoms with Crippen LogP contribution in [0.25, 0.3) is 0 Å². The highest BCUT2D eigenvalue weighted by Gasteiger charge is 2.12. The van der Waals surface area contributed by atoms with Gasteiger partial charge in [-0.2, -0.15) is 0 Å². The molecule has 2 N–H and O–H groups in total. The molecule has 1 aliphatic heterocycles. The Morgan fingerprint density at radius 1 is 1.26 bits per heavy atom. The lowest BCUT2D eigenvalue weighted by Gasteiger charge is -2.26. The molecule has 1 amide bonds. The third-order valence-corrected chi connectivity index (χ3v) is 4.33. The number of amides is 1. The van der Waals surface area contributed by atoms with Crippen LogP contribution in [-0.2, 0) is 20.7 Å². The van der Waals surface area contributed by atoms with Crippen LogP contribution < -0.4 is 14.8 Å². The quantitative estimate of drug-likeness (QED) is 0.589. The summed E-state index contributed by atoms with van der Waals surface area (Å²) in [6, 6.07) is 5.63. The molecule has 0 unspecified atom stereocenters. The number of ether oxygens (including phenoxy) is 3. The van der Waals surface area contributed by atoms with Gasteiger partial charge in [0, 0.05) is 38.7 Å². The molecular weight excluding hydrogens is 352 g/mol. The Morgan fingerprint density at radius 2 is 2.04 bits per heavy atom. The Labute approximate surface area is 159 Å². The summed E-state index contributed by atoms with van der Waals surface area (Å²) in [6.07, 6.45) is 0.417. The molecule has 2 rings (SSSR count). The number of carboxylic acids is 1. The molecule has 1 aromatic rings. The molecule has 150 valence electrons. The first-order valence-electron chi connectivity index (χ1n) is 9.17. The summed E-state index contributed by atoms with van der Waals surface area (Å²) in [5.41, 5.74) is 0.969. The van der Waals surface area contributed by atoms with Crippen molar-refractivity contribution in [3.63, 3.8) is 0 Å². The first kappa shape index (κ1) is 21.0. The maximum absolute atomic E-state index is 11.6. The summed E-state index contributed by atoms with van der Waals surface area (Å²) >= 11 is 0. The van der Waals surface area contributed by atoms with E-state index in [9.17, 15) is 9.59 Å². The molecule has 1 aromatic carbocycles. The van der Waals surface area contributed by atoms with Crippen LogP contribution >= 0.6 is 0 Å². The molecule has 8 nitrogen and oxygen atoms in total. The summed E-state index contributed by atoms with van der Waals surface area (Å²) in [5.74, 6) is 0.213. The minimum Gasteiger partial charge on any atom is -0.497 e. The maximum atomic E-state index is 11.6. The Balaban J connectivity index is 1.83. The Bertz CT molecular complexity index is 616. The van der Waals surface area contributed by atoms with E-state index in [1.165, 1.54) is 0 Å². The number of carbonyl (C=O) groups is 2. The van der Waals surface area contributed by atoms with Gasteiger partial charge in [0.05, 0.1) is 26.7 Å². The SMILES string of the molecule is COc1ccc(CCNC(=O)CCC(=O)O)c(OCCN2CCOCC2)c1. The first-order chi connectivity index (χ1) is 13.1. The van der Waals surface area contributed by atoms with Gasteiger partial charge in [0.1, 0.15) is 18.1 Å². The van der Waals surface area contributed by atoms with Gasteiger partial charge in [-0.05, 0) is 18.1 Å².